The third-order valence-electron chi connectivity index (χ3n) is 20.7. The van der Waals surface area contributed by atoms with Crippen molar-refractivity contribution in [3.05, 3.63) is 340 Å². The summed E-state index contributed by atoms with van der Waals surface area (Å²) in [4.78, 5) is 32.4. The minimum Gasteiger partial charge on any atom is -0.456 e. The Hall–Kier alpha value is -14.1. The Morgan fingerprint density at radius 2 is 0.510 bits per heavy atom. The van der Waals surface area contributed by atoms with Crippen LogP contribution in [0.25, 0.3) is 222 Å². The van der Waals surface area contributed by atoms with Crippen LogP contribution in [0.3, 0.4) is 0 Å². The van der Waals surface area contributed by atoms with Gasteiger partial charge in [0.05, 0.1) is 0 Å². The number of hydrogen-bond acceptors (Lipinski definition) is 8. The zero-order chi connectivity index (χ0) is 68.3. The molecule has 21 rings (SSSR count). The number of furan rings is 2. The summed E-state index contributed by atoms with van der Waals surface area (Å²) < 4.78 is 13.6. The maximum absolute atomic E-state index is 6.82. The van der Waals surface area contributed by atoms with Crippen molar-refractivity contribution in [1.29, 1.82) is 0 Å². The fraction of sp³-hybridized carbons (Fsp3) is 0. The topological polar surface area (TPSA) is 104 Å². The molecule has 4 heterocycles. The van der Waals surface area contributed by atoms with Crippen LogP contribution in [0.4, 0.5) is 0 Å². The Morgan fingerprint density at radius 1 is 0.154 bits per heavy atom. The van der Waals surface area contributed by atoms with E-state index in [0.717, 1.165) is 143 Å². The van der Waals surface area contributed by atoms with Crippen LogP contribution in [0, 0.1) is 0 Å². The van der Waals surface area contributed by atoms with Gasteiger partial charge in [0, 0.05) is 54.9 Å². The Labute approximate surface area is 597 Å². The molecule has 0 saturated heterocycles. The zero-order valence-electron chi connectivity index (χ0n) is 55.8. The van der Waals surface area contributed by atoms with Crippen molar-refractivity contribution in [3.8, 4) is 146 Å². The molecular weight excluding hydrogens is 1270 g/mol. The monoisotopic (exact) mass is 1320 g/mol. The van der Waals surface area contributed by atoms with Crippen molar-refractivity contribution in [2.45, 2.75) is 0 Å². The van der Waals surface area contributed by atoms with Crippen LogP contribution in [0.5, 0.6) is 0 Å². The standard InChI is InChI=1S/C96H56N6O2/c1-2-16-57(17-3-1)60-32-34-61(35-33-60)62-36-42-64(43-37-62)91-97-93(70-46-40-58-18-4-6-20-66(58)51-70)101-95(99-91)82-53-72(55-86-89(82)80-26-10-12-30-84(80)103-86)69-23-14-22-68(50-69)63-38-44-65(45-39-63)92-98-94(71-47-41-59-19-5-7-21-67(59)52-71)102-96(100-92)83-54-73(56-87-90(83)81-27-11-13-31-85(81)104-87)74-48-49-79-76-25-9-8-24-75(76)78-29-15-28-77(74)88(78)79/h1-56H. The quantitative estimate of drug-likeness (QED) is 0.126. The maximum atomic E-state index is 6.82. The van der Waals surface area contributed by atoms with Gasteiger partial charge in [-0.15, -0.1) is 0 Å². The van der Waals surface area contributed by atoms with Gasteiger partial charge in [-0.3, -0.25) is 0 Å². The summed E-state index contributed by atoms with van der Waals surface area (Å²) in [5.74, 6) is 3.33. The second-order valence-electron chi connectivity index (χ2n) is 26.8. The molecule has 0 aliphatic heterocycles. The number of rotatable bonds is 11. The van der Waals surface area contributed by atoms with Crippen molar-refractivity contribution in [2.24, 2.45) is 0 Å². The molecule has 4 aromatic heterocycles. The van der Waals surface area contributed by atoms with E-state index in [1.54, 1.807) is 0 Å². The predicted octanol–water partition coefficient (Wildman–Crippen LogP) is 25.3. The number of benzene rings is 16. The zero-order valence-corrected chi connectivity index (χ0v) is 55.8. The summed E-state index contributed by atoms with van der Waals surface area (Å²) in [5.41, 5.74) is 23.9. The molecule has 0 saturated carbocycles. The lowest BCUT2D eigenvalue weighted by atomic mass is 9.92. The van der Waals surface area contributed by atoms with E-state index in [1.807, 2.05) is 30.3 Å². The highest BCUT2D eigenvalue weighted by atomic mass is 16.3. The molecule has 0 radical (unpaired) electrons. The van der Waals surface area contributed by atoms with Crippen LogP contribution < -0.4 is 0 Å². The minimum atomic E-state index is 0.535. The SMILES string of the molecule is c1ccc(-c2ccc(-c3ccc(-c4nc(-c5ccc6ccccc6c5)nc(-c5cc(-c6cccc(-c7ccc(-c8nc(-c9ccc%10ccccc%10c9)nc(-c9cc(-c%10ccc%11c%12c(cccc%10%12)-c%10ccccc%10-%11)cc%10oc%11ccccc%11c9%10)n8)cc7)c6)cc6oc7ccccc7c56)n4)cc3)cc2)cc1. The van der Waals surface area contributed by atoms with Gasteiger partial charge in [-0.1, -0.05) is 285 Å². The maximum Gasteiger partial charge on any atom is 0.164 e. The fourth-order valence-corrected chi connectivity index (χ4v) is 15.6. The summed E-state index contributed by atoms with van der Waals surface area (Å²) >= 11 is 0. The van der Waals surface area contributed by atoms with Crippen LogP contribution in [0.1, 0.15) is 0 Å². The molecule has 0 bridgehead atoms. The van der Waals surface area contributed by atoms with Gasteiger partial charge in [-0.25, -0.2) is 29.9 Å². The van der Waals surface area contributed by atoms with E-state index in [-0.39, 0.29) is 0 Å². The summed E-state index contributed by atoms with van der Waals surface area (Å²) in [5, 5.41) is 10.7. The van der Waals surface area contributed by atoms with Gasteiger partial charge in [0.15, 0.2) is 34.9 Å². The molecule has 20 aromatic rings. The number of para-hydroxylation sites is 2. The second kappa shape index (κ2) is 23.8. The molecule has 8 nitrogen and oxygen atoms in total. The van der Waals surface area contributed by atoms with Gasteiger partial charge >= 0.3 is 0 Å². The summed E-state index contributed by atoms with van der Waals surface area (Å²) in [6, 6.07) is 120. The Kier molecular flexibility index (Phi) is 13.5. The van der Waals surface area contributed by atoms with Gasteiger partial charge in [-0.2, -0.15) is 0 Å². The van der Waals surface area contributed by atoms with Gasteiger partial charge < -0.3 is 8.83 Å². The van der Waals surface area contributed by atoms with Crippen LogP contribution in [0.15, 0.2) is 349 Å². The van der Waals surface area contributed by atoms with Gasteiger partial charge in [0.2, 0.25) is 0 Å². The lowest BCUT2D eigenvalue weighted by Crippen LogP contribution is -2.01. The normalized spacial score (nSPS) is 11.8. The average molecular weight is 1330 g/mol. The Bertz CT molecular complexity index is 6870. The summed E-state index contributed by atoms with van der Waals surface area (Å²) in [6.45, 7) is 0. The van der Waals surface area contributed by atoms with Crippen molar-refractivity contribution >= 4 is 76.2 Å². The largest absolute Gasteiger partial charge is 0.456 e. The first-order chi connectivity index (χ1) is 51.5. The van der Waals surface area contributed by atoms with Crippen molar-refractivity contribution in [1.82, 2.24) is 29.9 Å². The van der Waals surface area contributed by atoms with Crippen molar-refractivity contribution in [3.63, 3.8) is 0 Å². The minimum absolute atomic E-state index is 0.535. The van der Waals surface area contributed by atoms with E-state index in [2.05, 4.69) is 309 Å². The van der Waals surface area contributed by atoms with E-state index in [1.165, 1.54) is 44.2 Å². The van der Waals surface area contributed by atoms with Crippen LogP contribution in [0.2, 0.25) is 0 Å². The highest BCUT2D eigenvalue weighted by molar-refractivity contribution is 6.20. The van der Waals surface area contributed by atoms with Crippen LogP contribution in [-0.2, 0) is 0 Å². The van der Waals surface area contributed by atoms with E-state index in [4.69, 9.17) is 38.7 Å². The van der Waals surface area contributed by atoms with Gasteiger partial charge in [0.25, 0.3) is 0 Å². The van der Waals surface area contributed by atoms with Crippen molar-refractivity contribution < 1.29 is 8.83 Å². The van der Waals surface area contributed by atoms with Crippen LogP contribution in [-0.4, -0.2) is 29.9 Å². The van der Waals surface area contributed by atoms with Gasteiger partial charge in [0.1, 0.15) is 22.3 Å². The number of nitrogens with zero attached hydrogens (tertiary/aromatic N) is 6. The van der Waals surface area contributed by atoms with Gasteiger partial charge in [-0.05, 0) is 165 Å². The highest BCUT2D eigenvalue weighted by Crippen LogP contribution is 2.51. The van der Waals surface area contributed by atoms with E-state index < -0.39 is 0 Å². The molecule has 482 valence electrons. The fourth-order valence-electron chi connectivity index (χ4n) is 15.6. The first-order valence-corrected chi connectivity index (χ1v) is 35.0. The van der Waals surface area contributed by atoms with E-state index in [9.17, 15) is 0 Å². The lowest BCUT2D eigenvalue weighted by molar-refractivity contribution is 0.668. The molecule has 1 aliphatic rings. The van der Waals surface area contributed by atoms with E-state index in [0.29, 0.717) is 34.9 Å². The van der Waals surface area contributed by atoms with Crippen LogP contribution >= 0.6 is 0 Å². The highest BCUT2D eigenvalue weighted by Gasteiger charge is 2.26. The lowest BCUT2D eigenvalue weighted by Gasteiger charge is -2.13. The second-order valence-corrected chi connectivity index (χ2v) is 26.8. The summed E-state index contributed by atoms with van der Waals surface area (Å²) in [6.07, 6.45) is 0. The number of fused-ring (bicyclic) bond motifs is 11. The Balaban J connectivity index is 0.674. The first kappa shape index (κ1) is 58.8. The molecule has 0 N–H and O–H groups in total. The molecule has 0 spiro atoms. The Morgan fingerprint density at radius 3 is 1.06 bits per heavy atom. The average Bonchev–Trinajstić information content (AvgIpc) is 1.29. The first-order valence-electron chi connectivity index (χ1n) is 35.0. The number of hydrogen-bond donors (Lipinski definition) is 0. The molecular formula is C96H56N6O2. The molecule has 0 fully saturated rings. The third-order valence-corrected chi connectivity index (χ3v) is 20.7. The molecule has 1 aliphatic carbocycles. The molecule has 8 heteroatoms. The predicted molar refractivity (Wildman–Crippen MR) is 425 cm³/mol. The molecule has 0 unspecified atom stereocenters. The van der Waals surface area contributed by atoms with Crippen molar-refractivity contribution in [2.75, 3.05) is 0 Å². The summed E-state index contributed by atoms with van der Waals surface area (Å²) in [7, 11) is 0. The third kappa shape index (κ3) is 9.99. The molecule has 104 heavy (non-hydrogen) atoms. The molecule has 0 atom stereocenters. The smallest absolute Gasteiger partial charge is 0.164 e. The molecule has 16 aromatic carbocycles. The number of aromatic nitrogens is 6. The van der Waals surface area contributed by atoms with E-state index >= 15 is 0 Å². The molecule has 0 amide bonds.